The molecule has 2 aliphatic carbocycles. The van der Waals surface area contributed by atoms with Crippen LogP contribution in [-0.4, -0.2) is 31.0 Å². The summed E-state index contributed by atoms with van der Waals surface area (Å²) in [5.41, 5.74) is 3.26. The van der Waals surface area contributed by atoms with E-state index >= 15 is 0 Å². The minimum atomic E-state index is 0.190. The molecule has 8 heteroatoms. The van der Waals surface area contributed by atoms with E-state index < -0.39 is 0 Å². The van der Waals surface area contributed by atoms with E-state index in [0.717, 1.165) is 40.4 Å². The third-order valence-electron chi connectivity index (χ3n) is 6.19. The van der Waals surface area contributed by atoms with Crippen molar-refractivity contribution in [2.24, 2.45) is 5.41 Å². The molecule has 156 valence electrons. The van der Waals surface area contributed by atoms with Crippen LogP contribution in [0.5, 0.6) is 5.88 Å². The number of anilines is 1. The Balaban J connectivity index is 1.13. The van der Waals surface area contributed by atoms with Crippen LogP contribution in [0.4, 0.5) is 5.82 Å². The van der Waals surface area contributed by atoms with E-state index in [4.69, 9.17) is 9.72 Å². The van der Waals surface area contributed by atoms with Gasteiger partial charge in [-0.1, -0.05) is 0 Å². The van der Waals surface area contributed by atoms with E-state index in [1.807, 2.05) is 38.2 Å². The molecule has 0 aromatic carbocycles. The molecule has 31 heavy (non-hydrogen) atoms. The van der Waals surface area contributed by atoms with E-state index in [1.165, 1.54) is 4.88 Å². The van der Waals surface area contributed by atoms with Crippen molar-refractivity contribution in [3.05, 3.63) is 64.1 Å². The zero-order valence-corrected chi connectivity index (χ0v) is 18.2. The minimum absolute atomic E-state index is 0.190. The van der Waals surface area contributed by atoms with Crippen molar-refractivity contribution in [3.63, 3.8) is 0 Å². The summed E-state index contributed by atoms with van der Waals surface area (Å²) in [6, 6.07) is 10.0. The first-order valence-electron chi connectivity index (χ1n) is 10.5. The molecule has 0 radical (unpaired) electrons. The molecule has 1 N–H and O–H groups in total. The number of rotatable bonds is 6. The maximum atomic E-state index is 6.28. The van der Waals surface area contributed by atoms with Crippen molar-refractivity contribution in [1.82, 2.24) is 24.9 Å². The zero-order valence-electron chi connectivity index (χ0n) is 17.4. The summed E-state index contributed by atoms with van der Waals surface area (Å²) in [5, 5.41) is 4.43. The lowest BCUT2D eigenvalue weighted by Gasteiger charge is -2.09. The molecule has 6 rings (SSSR count). The Morgan fingerprint density at radius 1 is 1.10 bits per heavy atom. The summed E-state index contributed by atoms with van der Waals surface area (Å²) < 4.78 is 6.28. The second kappa shape index (κ2) is 6.95. The van der Waals surface area contributed by atoms with E-state index in [0.29, 0.717) is 24.2 Å². The van der Waals surface area contributed by atoms with Crippen LogP contribution in [-0.2, 0) is 6.54 Å². The molecular weight excluding hydrogens is 408 g/mol. The third kappa shape index (κ3) is 3.50. The molecule has 0 aliphatic heterocycles. The Kier molecular flexibility index (Phi) is 4.17. The number of aryl methyl sites for hydroxylation is 2. The predicted octanol–water partition coefficient (Wildman–Crippen LogP) is 4.43. The maximum Gasteiger partial charge on any atom is 0.219 e. The van der Waals surface area contributed by atoms with E-state index in [1.54, 1.807) is 17.5 Å². The molecule has 2 aliphatic rings. The first-order valence-corrected chi connectivity index (χ1v) is 11.3. The molecule has 4 aromatic rings. The van der Waals surface area contributed by atoms with Gasteiger partial charge in [0.05, 0.1) is 22.6 Å². The second-order valence-electron chi connectivity index (χ2n) is 8.42. The number of thiazole rings is 1. The molecule has 0 amide bonds. The molecule has 2 saturated carbocycles. The molecule has 4 aromatic heterocycles. The van der Waals surface area contributed by atoms with Gasteiger partial charge in [-0.25, -0.2) is 9.97 Å². The van der Waals surface area contributed by atoms with Crippen LogP contribution in [0.2, 0.25) is 0 Å². The predicted molar refractivity (Wildman–Crippen MR) is 119 cm³/mol. The summed E-state index contributed by atoms with van der Waals surface area (Å²) in [4.78, 5) is 23.7. The molecule has 3 atom stereocenters. The van der Waals surface area contributed by atoms with Crippen LogP contribution in [0, 0.1) is 19.3 Å². The fourth-order valence-electron chi connectivity index (χ4n) is 4.42. The van der Waals surface area contributed by atoms with Gasteiger partial charge in [-0.3, -0.25) is 9.97 Å². The zero-order chi connectivity index (χ0) is 21.0. The second-order valence-corrected chi connectivity index (χ2v) is 9.74. The lowest BCUT2D eigenvalue weighted by molar-refractivity contribution is 0.266. The summed E-state index contributed by atoms with van der Waals surface area (Å²) in [6.45, 7) is 4.60. The number of fused-ring (bicyclic) bond motifs is 1. The largest absolute Gasteiger partial charge is 0.474 e. The number of pyridine rings is 2. The van der Waals surface area contributed by atoms with Crippen LogP contribution >= 0.6 is 11.3 Å². The van der Waals surface area contributed by atoms with Gasteiger partial charge in [0, 0.05) is 40.4 Å². The summed E-state index contributed by atoms with van der Waals surface area (Å²) >= 11 is 1.68. The highest BCUT2D eigenvalue weighted by Crippen LogP contribution is 2.75. The van der Waals surface area contributed by atoms with Gasteiger partial charge >= 0.3 is 0 Å². The van der Waals surface area contributed by atoms with Crippen LogP contribution in [0.25, 0.3) is 11.0 Å². The Morgan fingerprint density at radius 3 is 2.90 bits per heavy atom. The molecule has 4 heterocycles. The number of hydrogen-bond acceptors (Lipinski definition) is 8. The lowest BCUT2D eigenvalue weighted by atomic mass is 10.2. The Bertz CT molecular complexity index is 1290. The molecule has 2 fully saturated rings. The smallest absolute Gasteiger partial charge is 0.219 e. The molecular formula is C23H22N6OS. The van der Waals surface area contributed by atoms with Gasteiger partial charge in [0.2, 0.25) is 5.88 Å². The highest BCUT2D eigenvalue weighted by Gasteiger charge is 2.73. The quantitative estimate of drug-likeness (QED) is 0.484. The van der Waals surface area contributed by atoms with Crippen LogP contribution in [0.1, 0.15) is 40.2 Å². The number of nitrogens with one attached hydrogen (secondary N) is 1. The average molecular weight is 431 g/mol. The van der Waals surface area contributed by atoms with Crippen molar-refractivity contribution >= 4 is 28.2 Å². The first kappa shape index (κ1) is 18.6. The molecule has 0 unspecified atom stereocenters. The van der Waals surface area contributed by atoms with Crippen molar-refractivity contribution < 1.29 is 4.74 Å². The fraction of sp³-hybridized carbons (Fsp3) is 0.348. The van der Waals surface area contributed by atoms with Crippen molar-refractivity contribution in [2.75, 3.05) is 5.32 Å². The monoisotopic (exact) mass is 430 g/mol. The normalized spacial score (nSPS) is 23.8. The van der Waals surface area contributed by atoms with Gasteiger partial charge in [0.15, 0.2) is 0 Å². The Hall–Kier alpha value is -3.13. The standard InChI is InChI=1S/C23H22N6OS/c1-13-27-21(26-12-15-11-25-14(2)31-15)8-22(28-13)30-20-10-23(20)9-16(23)17-5-6-18-19(29-17)4-3-7-24-18/h3-8,11,16,20H,9-10,12H2,1-2H3,(H,26,27,28)/t16-,20-,23+/m1/s1. The van der Waals surface area contributed by atoms with Gasteiger partial charge in [-0.2, -0.15) is 4.98 Å². The van der Waals surface area contributed by atoms with Crippen molar-refractivity contribution in [2.45, 2.75) is 45.3 Å². The molecule has 1 spiro atoms. The SMILES string of the molecule is Cc1nc(NCc2cnc(C)s2)cc(O[C@@H]2C[C@]23C[C@@H]3c2ccc3ncccc3n2)n1. The van der Waals surface area contributed by atoms with Crippen LogP contribution in [0.15, 0.2) is 42.7 Å². The number of hydrogen-bond donors (Lipinski definition) is 1. The summed E-state index contributed by atoms with van der Waals surface area (Å²) in [7, 11) is 0. The highest BCUT2D eigenvalue weighted by atomic mass is 32.1. The van der Waals surface area contributed by atoms with Gasteiger partial charge in [-0.15, -0.1) is 11.3 Å². The van der Waals surface area contributed by atoms with E-state index in [2.05, 4.69) is 37.4 Å². The third-order valence-corrected chi connectivity index (χ3v) is 7.10. The number of aromatic nitrogens is 5. The highest BCUT2D eigenvalue weighted by molar-refractivity contribution is 7.11. The maximum absolute atomic E-state index is 6.28. The van der Waals surface area contributed by atoms with Crippen LogP contribution in [0.3, 0.4) is 0 Å². The summed E-state index contributed by atoms with van der Waals surface area (Å²) in [5.74, 6) is 2.57. The molecule has 7 nitrogen and oxygen atoms in total. The number of ether oxygens (including phenoxy) is 1. The Labute approximate surface area is 184 Å². The van der Waals surface area contributed by atoms with Crippen molar-refractivity contribution in [3.8, 4) is 5.88 Å². The van der Waals surface area contributed by atoms with E-state index in [9.17, 15) is 0 Å². The Morgan fingerprint density at radius 2 is 2.03 bits per heavy atom. The lowest BCUT2D eigenvalue weighted by Crippen LogP contribution is -2.07. The average Bonchev–Trinajstić information content (AvgIpc) is 3.61. The number of nitrogens with zero attached hydrogens (tertiary/aromatic N) is 5. The van der Waals surface area contributed by atoms with Crippen LogP contribution < -0.4 is 10.1 Å². The van der Waals surface area contributed by atoms with Gasteiger partial charge in [0.1, 0.15) is 17.7 Å². The summed E-state index contributed by atoms with van der Waals surface area (Å²) in [6.07, 6.45) is 6.07. The van der Waals surface area contributed by atoms with Crippen molar-refractivity contribution in [1.29, 1.82) is 0 Å². The van der Waals surface area contributed by atoms with E-state index in [-0.39, 0.29) is 11.5 Å². The fourth-order valence-corrected chi connectivity index (χ4v) is 5.15. The molecule has 0 bridgehead atoms. The van der Waals surface area contributed by atoms with Gasteiger partial charge in [-0.05, 0) is 51.0 Å². The topological polar surface area (TPSA) is 85.7 Å². The minimum Gasteiger partial charge on any atom is -0.474 e. The first-order chi connectivity index (χ1) is 15.1. The van der Waals surface area contributed by atoms with Gasteiger partial charge < -0.3 is 10.1 Å². The van der Waals surface area contributed by atoms with Gasteiger partial charge in [0.25, 0.3) is 0 Å². The molecule has 0 saturated heterocycles.